The van der Waals surface area contributed by atoms with Crippen molar-refractivity contribution < 1.29 is 9.90 Å². The van der Waals surface area contributed by atoms with Crippen molar-refractivity contribution in [1.29, 1.82) is 0 Å². The first-order chi connectivity index (χ1) is 8.25. The van der Waals surface area contributed by atoms with Gasteiger partial charge in [0.25, 0.3) is 0 Å². The molecule has 4 heteroatoms. The summed E-state index contributed by atoms with van der Waals surface area (Å²) in [5, 5.41) is 13.7. The van der Waals surface area contributed by atoms with Crippen LogP contribution in [0.25, 0.3) is 0 Å². The quantitative estimate of drug-likeness (QED) is 0.850. The van der Waals surface area contributed by atoms with E-state index < -0.39 is 11.5 Å². The molecule has 17 heavy (non-hydrogen) atoms. The lowest BCUT2D eigenvalue weighted by Gasteiger charge is -2.26. The highest BCUT2D eigenvalue weighted by Crippen LogP contribution is 2.39. The number of carbonyl (C=O) groups is 1. The molecule has 1 aliphatic rings. The fourth-order valence-corrected chi connectivity index (χ4v) is 2.64. The van der Waals surface area contributed by atoms with Crippen molar-refractivity contribution in [3.63, 3.8) is 0 Å². The van der Waals surface area contributed by atoms with E-state index in [4.69, 9.17) is 0 Å². The van der Waals surface area contributed by atoms with Crippen molar-refractivity contribution in [1.82, 2.24) is 9.78 Å². The lowest BCUT2D eigenvalue weighted by atomic mass is 9.92. The maximum atomic E-state index is 11.7. The summed E-state index contributed by atoms with van der Waals surface area (Å²) >= 11 is 0. The molecule has 1 heterocycles. The number of carboxylic acid groups (broad SMARTS) is 1. The molecule has 2 aromatic rings. The lowest BCUT2D eigenvalue weighted by molar-refractivity contribution is -0.145. The van der Waals surface area contributed by atoms with Gasteiger partial charge in [-0.2, -0.15) is 5.10 Å². The van der Waals surface area contributed by atoms with Gasteiger partial charge in [0.1, 0.15) is 0 Å². The Labute approximate surface area is 98.5 Å². The van der Waals surface area contributed by atoms with E-state index in [2.05, 4.69) is 5.10 Å². The number of nitrogens with zero attached hydrogens (tertiary/aromatic N) is 2. The Morgan fingerprint density at radius 2 is 2.18 bits per heavy atom. The number of rotatable bonds is 2. The van der Waals surface area contributed by atoms with Crippen molar-refractivity contribution >= 4 is 5.97 Å². The van der Waals surface area contributed by atoms with E-state index >= 15 is 0 Å². The first-order valence-corrected chi connectivity index (χ1v) is 5.57. The Balaban J connectivity index is 2.26. The van der Waals surface area contributed by atoms with Gasteiger partial charge in [0.15, 0.2) is 5.54 Å². The van der Waals surface area contributed by atoms with Crippen LogP contribution >= 0.6 is 0 Å². The highest BCUT2D eigenvalue weighted by Gasteiger charge is 2.47. The molecule has 0 amide bonds. The minimum absolute atomic E-state index is 0.559. The maximum absolute atomic E-state index is 11.7. The summed E-state index contributed by atoms with van der Waals surface area (Å²) in [7, 11) is 0. The average Bonchev–Trinajstić information content (AvgIpc) is 2.96. The molecule has 1 unspecified atom stereocenters. The van der Waals surface area contributed by atoms with E-state index in [0.29, 0.717) is 6.42 Å². The molecule has 1 aromatic heterocycles. The number of aromatic nitrogens is 2. The number of hydrogen-bond acceptors (Lipinski definition) is 2. The Morgan fingerprint density at radius 1 is 1.35 bits per heavy atom. The summed E-state index contributed by atoms with van der Waals surface area (Å²) < 4.78 is 1.56. The van der Waals surface area contributed by atoms with Gasteiger partial charge in [-0.05, 0) is 30.0 Å². The smallest absolute Gasteiger partial charge is 0.336 e. The SMILES string of the molecule is O=C(O)C1(n2cccn2)CCc2ccccc21. The Morgan fingerprint density at radius 3 is 2.88 bits per heavy atom. The summed E-state index contributed by atoms with van der Waals surface area (Å²) in [5.74, 6) is -0.842. The van der Waals surface area contributed by atoms with Gasteiger partial charge in [-0.1, -0.05) is 24.3 Å². The second-order valence-corrected chi connectivity index (χ2v) is 4.27. The third-order valence-corrected chi connectivity index (χ3v) is 3.47. The predicted octanol–water partition coefficient (Wildman–Crippen LogP) is 1.66. The van der Waals surface area contributed by atoms with Crippen molar-refractivity contribution in [3.8, 4) is 0 Å². The molecule has 1 N–H and O–H groups in total. The van der Waals surface area contributed by atoms with Gasteiger partial charge >= 0.3 is 5.97 Å². The highest BCUT2D eigenvalue weighted by molar-refractivity contribution is 5.83. The largest absolute Gasteiger partial charge is 0.479 e. The van der Waals surface area contributed by atoms with Crippen molar-refractivity contribution in [2.45, 2.75) is 18.4 Å². The van der Waals surface area contributed by atoms with Crippen LogP contribution in [-0.2, 0) is 16.8 Å². The van der Waals surface area contributed by atoms with Crippen molar-refractivity contribution in [2.75, 3.05) is 0 Å². The van der Waals surface area contributed by atoms with E-state index in [0.717, 1.165) is 17.5 Å². The molecule has 0 fully saturated rings. The Hall–Kier alpha value is -2.10. The number of hydrogen-bond donors (Lipinski definition) is 1. The van der Waals surface area contributed by atoms with Crippen LogP contribution in [0, 0.1) is 0 Å². The predicted molar refractivity (Wildman–Crippen MR) is 61.7 cm³/mol. The summed E-state index contributed by atoms with van der Waals surface area (Å²) in [6.45, 7) is 0. The lowest BCUT2D eigenvalue weighted by Crippen LogP contribution is -2.41. The van der Waals surface area contributed by atoms with Crippen LogP contribution in [0.5, 0.6) is 0 Å². The third-order valence-electron chi connectivity index (χ3n) is 3.47. The summed E-state index contributed by atoms with van der Waals surface area (Å²) in [6.07, 6.45) is 4.67. The normalized spacial score (nSPS) is 22.4. The first kappa shape index (κ1) is 10.1. The zero-order chi connectivity index (χ0) is 11.9. The van der Waals surface area contributed by atoms with Crippen LogP contribution in [0.3, 0.4) is 0 Å². The molecule has 0 spiro atoms. The van der Waals surface area contributed by atoms with Crippen LogP contribution in [0.2, 0.25) is 0 Å². The monoisotopic (exact) mass is 228 g/mol. The van der Waals surface area contributed by atoms with Crippen LogP contribution in [0.4, 0.5) is 0 Å². The topological polar surface area (TPSA) is 55.1 Å². The molecule has 0 radical (unpaired) electrons. The molecule has 0 aliphatic heterocycles. The minimum Gasteiger partial charge on any atom is -0.479 e. The minimum atomic E-state index is -1.03. The number of aliphatic carboxylic acids is 1. The second kappa shape index (κ2) is 3.45. The van der Waals surface area contributed by atoms with Gasteiger partial charge in [-0.15, -0.1) is 0 Å². The zero-order valence-corrected chi connectivity index (χ0v) is 9.21. The van der Waals surface area contributed by atoms with E-state index in [-0.39, 0.29) is 0 Å². The number of benzene rings is 1. The molecule has 0 saturated carbocycles. The molecular weight excluding hydrogens is 216 g/mol. The van der Waals surface area contributed by atoms with Crippen molar-refractivity contribution in [3.05, 3.63) is 53.9 Å². The third kappa shape index (κ3) is 1.24. The maximum Gasteiger partial charge on any atom is 0.336 e. The molecule has 1 aliphatic carbocycles. The molecule has 3 rings (SSSR count). The summed E-state index contributed by atoms with van der Waals surface area (Å²) in [5.41, 5.74) is 0.932. The first-order valence-electron chi connectivity index (χ1n) is 5.57. The van der Waals surface area contributed by atoms with E-state index in [1.165, 1.54) is 0 Å². The van der Waals surface area contributed by atoms with Gasteiger partial charge in [-0.25, -0.2) is 4.79 Å². The van der Waals surface area contributed by atoms with Crippen LogP contribution in [-0.4, -0.2) is 20.9 Å². The van der Waals surface area contributed by atoms with Gasteiger partial charge in [-0.3, -0.25) is 4.68 Å². The van der Waals surface area contributed by atoms with Gasteiger partial charge in [0.05, 0.1) is 0 Å². The number of fused-ring (bicyclic) bond motifs is 1. The van der Waals surface area contributed by atoms with E-state index in [1.54, 1.807) is 23.1 Å². The molecule has 0 saturated heterocycles. The van der Waals surface area contributed by atoms with Crippen molar-refractivity contribution in [2.24, 2.45) is 0 Å². The molecule has 1 aromatic carbocycles. The average molecular weight is 228 g/mol. The molecular formula is C13H12N2O2. The van der Waals surface area contributed by atoms with Gasteiger partial charge in [0.2, 0.25) is 0 Å². The Kier molecular flexibility index (Phi) is 2.04. The fraction of sp³-hybridized carbons (Fsp3) is 0.231. The zero-order valence-electron chi connectivity index (χ0n) is 9.21. The number of aryl methyl sites for hydroxylation is 1. The molecule has 0 bridgehead atoms. The van der Waals surface area contributed by atoms with E-state index in [1.807, 2.05) is 24.3 Å². The highest BCUT2D eigenvalue weighted by atomic mass is 16.4. The number of carboxylic acids is 1. The van der Waals surface area contributed by atoms with Gasteiger partial charge < -0.3 is 5.11 Å². The molecule has 86 valence electrons. The van der Waals surface area contributed by atoms with Crippen LogP contribution < -0.4 is 0 Å². The fourth-order valence-electron chi connectivity index (χ4n) is 2.64. The molecule has 1 atom stereocenters. The van der Waals surface area contributed by atoms with Crippen LogP contribution in [0.1, 0.15) is 17.5 Å². The van der Waals surface area contributed by atoms with Crippen LogP contribution in [0.15, 0.2) is 42.7 Å². The standard InChI is InChI=1S/C13H12N2O2/c16-12(17)13(15-9-3-8-14-15)7-6-10-4-1-2-5-11(10)13/h1-5,8-9H,6-7H2,(H,16,17). The second-order valence-electron chi connectivity index (χ2n) is 4.27. The van der Waals surface area contributed by atoms with E-state index in [9.17, 15) is 9.90 Å². The summed E-state index contributed by atoms with van der Waals surface area (Å²) in [6, 6.07) is 9.46. The Bertz CT molecular complexity index is 563. The molecule has 4 nitrogen and oxygen atoms in total. The summed E-state index contributed by atoms with van der Waals surface area (Å²) in [4.78, 5) is 11.7. The van der Waals surface area contributed by atoms with Gasteiger partial charge in [0, 0.05) is 12.4 Å².